The van der Waals surface area contributed by atoms with Crippen LogP contribution in [0.3, 0.4) is 0 Å². The zero-order chi connectivity index (χ0) is 11.2. The minimum absolute atomic E-state index is 0.0846. The van der Waals surface area contributed by atoms with E-state index in [2.05, 4.69) is 6.58 Å². The van der Waals surface area contributed by atoms with Gasteiger partial charge in [-0.15, -0.1) is 0 Å². The maximum Gasteiger partial charge on any atom is 0.570 e. The molecule has 0 N–H and O–H groups in total. The highest BCUT2D eigenvalue weighted by atomic mass is 28.4. The van der Waals surface area contributed by atoms with Gasteiger partial charge in [-0.1, -0.05) is 20.4 Å². The first-order valence-corrected chi connectivity index (χ1v) is 6.32. The second-order valence-electron chi connectivity index (χ2n) is 2.95. The number of carbonyl (C=O) groups excluding carboxylic acids is 1. The lowest BCUT2D eigenvalue weighted by Crippen LogP contribution is -2.48. The van der Waals surface area contributed by atoms with E-state index in [1.807, 2.05) is 13.8 Å². The first-order valence-electron chi connectivity index (χ1n) is 4.52. The summed E-state index contributed by atoms with van der Waals surface area (Å²) in [6.07, 6.45) is 1.94. The second-order valence-corrected chi connectivity index (χ2v) is 6.16. The van der Waals surface area contributed by atoms with Gasteiger partial charge < -0.3 is 13.3 Å². The molecule has 0 saturated heterocycles. The molecule has 0 fully saturated rings. The predicted molar refractivity (Wildman–Crippen MR) is 55.8 cm³/mol. The summed E-state index contributed by atoms with van der Waals surface area (Å²) in [6, 6.07) is 0. The Bertz CT molecular complexity index is 201. The van der Waals surface area contributed by atoms with Gasteiger partial charge in [-0.25, -0.2) is 4.79 Å². The van der Waals surface area contributed by atoms with E-state index in [0.717, 1.165) is 12.5 Å². The average molecular weight is 218 g/mol. The summed E-state index contributed by atoms with van der Waals surface area (Å²) in [4.78, 5) is 11.1. The zero-order valence-corrected chi connectivity index (χ0v) is 10.2. The van der Waals surface area contributed by atoms with Crippen LogP contribution in [0.2, 0.25) is 5.54 Å². The summed E-state index contributed by atoms with van der Waals surface area (Å²) in [5.74, 6) is -0.499. The zero-order valence-electron chi connectivity index (χ0n) is 9.20. The first-order chi connectivity index (χ1) is 6.56. The van der Waals surface area contributed by atoms with Crippen molar-refractivity contribution in [3.8, 4) is 0 Å². The van der Waals surface area contributed by atoms with Crippen LogP contribution in [0.25, 0.3) is 0 Å². The summed E-state index contributed by atoms with van der Waals surface area (Å²) in [6.45, 7) is 7.27. The SMILES string of the molecule is C=CC(=O)O[Si](OC)(OC)C(C)CC. The van der Waals surface area contributed by atoms with Crippen LogP contribution < -0.4 is 0 Å². The van der Waals surface area contributed by atoms with Crippen molar-refractivity contribution >= 4 is 14.8 Å². The van der Waals surface area contributed by atoms with Gasteiger partial charge in [0.2, 0.25) is 0 Å². The molecule has 82 valence electrons. The monoisotopic (exact) mass is 218 g/mol. The fourth-order valence-corrected chi connectivity index (χ4v) is 3.30. The molecule has 0 aromatic carbocycles. The summed E-state index contributed by atoms with van der Waals surface area (Å²) >= 11 is 0. The maximum absolute atomic E-state index is 11.1. The Labute approximate surface area is 86.2 Å². The molecule has 1 atom stereocenters. The van der Waals surface area contributed by atoms with E-state index in [4.69, 9.17) is 13.3 Å². The van der Waals surface area contributed by atoms with Crippen LogP contribution in [0, 0.1) is 0 Å². The lowest BCUT2D eigenvalue weighted by molar-refractivity contribution is -0.133. The van der Waals surface area contributed by atoms with Crippen molar-refractivity contribution < 1.29 is 18.1 Å². The van der Waals surface area contributed by atoms with Crippen LogP contribution in [0.4, 0.5) is 0 Å². The molecule has 0 aromatic rings. The Kier molecular flexibility index (Phi) is 5.67. The van der Waals surface area contributed by atoms with Crippen molar-refractivity contribution in [2.75, 3.05) is 14.2 Å². The standard InChI is InChI=1S/C9H18O4Si/c1-6-8(3)14(11-4,12-5)13-9(10)7-2/h7-8H,2,6H2,1,3-5H3. The van der Waals surface area contributed by atoms with Crippen molar-refractivity contribution in [1.82, 2.24) is 0 Å². The van der Waals surface area contributed by atoms with Gasteiger partial charge >= 0.3 is 14.8 Å². The van der Waals surface area contributed by atoms with E-state index in [9.17, 15) is 4.79 Å². The Morgan fingerprint density at radius 1 is 1.50 bits per heavy atom. The first kappa shape index (κ1) is 13.3. The molecule has 0 spiro atoms. The molecule has 4 nitrogen and oxygen atoms in total. The Morgan fingerprint density at radius 2 is 2.00 bits per heavy atom. The smallest absolute Gasteiger partial charge is 0.470 e. The highest BCUT2D eigenvalue weighted by molar-refractivity contribution is 6.64. The molecule has 1 unspecified atom stereocenters. The van der Waals surface area contributed by atoms with E-state index in [1.54, 1.807) is 0 Å². The summed E-state index contributed by atoms with van der Waals surface area (Å²) in [5.41, 5.74) is 0.0846. The molecule has 0 aliphatic heterocycles. The third kappa shape index (κ3) is 2.93. The van der Waals surface area contributed by atoms with Crippen molar-refractivity contribution in [2.45, 2.75) is 25.8 Å². The maximum atomic E-state index is 11.1. The number of rotatable bonds is 6. The predicted octanol–water partition coefficient (Wildman–Crippen LogP) is 1.75. The molecule has 0 aliphatic rings. The topological polar surface area (TPSA) is 44.8 Å². The van der Waals surface area contributed by atoms with E-state index in [-0.39, 0.29) is 5.54 Å². The Morgan fingerprint density at radius 3 is 2.29 bits per heavy atom. The Balaban J connectivity index is 4.68. The van der Waals surface area contributed by atoms with Crippen LogP contribution in [-0.2, 0) is 18.1 Å². The molecule has 0 aromatic heterocycles. The van der Waals surface area contributed by atoms with Gasteiger partial charge in [0, 0.05) is 25.8 Å². The fraction of sp³-hybridized carbons (Fsp3) is 0.667. The van der Waals surface area contributed by atoms with E-state index >= 15 is 0 Å². The molecule has 0 rings (SSSR count). The van der Waals surface area contributed by atoms with Crippen LogP contribution >= 0.6 is 0 Å². The summed E-state index contributed by atoms with van der Waals surface area (Å²) in [5, 5.41) is 0. The minimum atomic E-state index is -2.85. The molecule has 0 heterocycles. The fourth-order valence-electron chi connectivity index (χ4n) is 1.10. The molecule has 0 radical (unpaired) electrons. The molecule has 5 heteroatoms. The van der Waals surface area contributed by atoms with Crippen molar-refractivity contribution in [3.05, 3.63) is 12.7 Å². The molecular weight excluding hydrogens is 200 g/mol. The van der Waals surface area contributed by atoms with Gasteiger partial charge in [0.1, 0.15) is 0 Å². The van der Waals surface area contributed by atoms with Gasteiger partial charge in [-0.05, 0) is 6.42 Å². The number of hydrogen-bond acceptors (Lipinski definition) is 4. The lowest BCUT2D eigenvalue weighted by atomic mass is 10.4. The van der Waals surface area contributed by atoms with E-state index < -0.39 is 14.8 Å². The molecule has 14 heavy (non-hydrogen) atoms. The number of carbonyl (C=O) groups is 1. The van der Waals surface area contributed by atoms with Crippen LogP contribution in [0.5, 0.6) is 0 Å². The largest absolute Gasteiger partial charge is 0.570 e. The van der Waals surface area contributed by atoms with E-state index in [0.29, 0.717) is 0 Å². The normalized spacial score (nSPS) is 13.4. The van der Waals surface area contributed by atoms with Crippen LogP contribution in [0.1, 0.15) is 20.3 Å². The average Bonchev–Trinajstić information content (AvgIpc) is 2.24. The van der Waals surface area contributed by atoms with E-state index in [1.165, 1.54) is 14.2 Å². The minimum Gasteiger partial charge on any atom is -0.470 e. The Hall–Kier alpha value is -0.653. The van der Waals surface area contributed by atoms with Crippen LogP contribution in [0.15, 0.2) is 12.7 Å². The van der Waals surface area contributed by atoms with Gasteiger partial charge in [0.05, 0.1) is 0 Å². The molecule has 0 bridgehead atoms. The summed E-state index contributed by atoms with van der Waals surface area (Å²) < 4.78 is 15.7. The molecular formula is C9H18O4Si. The van der Waals surface area contributed by atoms with Crippen LogP contribution in [-0.4, -0.2) is 29.0 Å². The quantitative estimate of drug-likeness (QED) is 0.503. The van der Waals surface area contributed by atoms with Crippen molar-refractivity contribution in [1.29, 1.82) is 0 Å². The highest BCUT2D eigenvalue weighted by Crippen LogP contribution is 2.27. The third-order valence-corrected chi connectivity index (χ3v) is 5.43. The lowest BCUT2D eigenvalue weighted by Gasteiger charge is -2.29. The second kappa shape index (κ2) is 5.95. The highest BCUT2D eigenvalue weighted by Gasteiger charge is 2.48. The molecule has 0 saturated carbocycles. The van der Waals surface area contributed by atoms with Gasteiger partial charge in [-0.3, -0.25) is 0 Å². The van der Waals surface area contributed by atoms with Gasteiger partial charge in [0.25, 0.3) is 0 Å². The van der Waals surface area contributed by atoms with Gasteiger partial charge in [0.15, 0.2) is 0 Å². The number of hydrogen-bond donors (Lipinski definition) is 0. The molecule has 0 amide bonds. The third-order valence-electron chi connectivity index (χ3n) is 2.19. The van der Waals surface area contributed by atoms with Gasteiger partial charge in [-0.2, -0.15) is 0 Å². The van der Waals surface area contributed by atoms with Crippen molar-refractivity contribution in [2.24, 2.45) is 0 Å². The van der Waals surface area contributed by atoms with Crippen molar-refractivity contribution in [3.63, 3.8) is 0 Å². The molecule has 0 aliphatic carbocycles. The summed E-state index contributed by atoms with van der Waals surface area (Å²) in [7, 11) is 0.145.